The van der Waals surface area contributed by atoms with Crippen molar-refractivity contribution in [2.24, 2.45) is 0 Å². The monoisotopic (exact) mass is 216 g/mol. The lowest BCUT2D eigenvalue weighted by molar-refractivity contribution is -0.134. The molecule has 1 rings (SSSR count). The van der Waals surface area contributed by atoms with Crippen LogP contribution in [0.25, 0.3) is 0 Å². The van der Waals surface area contributed by atoms with Gasteiger partial charge in [0.25, 0.3) is 0 Å². The molecule has 1 aromatic rings. The van der Waals surface area contributed by atoms with Gasteiger partial charge in [-0.05, 0) is 12.1 Å². The molecule has 1 unspecified atom stereocenters. The molecule has 0 spiro atoms. The third-order valence-electron chi connectivity index (χ3n) is 1.33. The zero-order valence-electron chi connectivity index (χ0n) is 7.16. The van der Waals surface area contributed by atoms with Gasteiger partial charge in [0.2, 0.25) is 0 Å². The maximum Gasteiger partial charge on any atom is 0.387 e. The molecule has 0 heterocycles. The Kier molecular flexibility index (Phi) is 3.28. The third-order valence-corrected chi connectivity index (χ3v) is 2.49. The molecule has 1 atom stereocenters. The molecule has 0 amide bonds. The highest BCUT2D eigenvalue weighted by Crippen LogP contribution is 2.41. The summed E-state index contributed by atoms with van der Waals surface area (Å²) in [4.78, 5) is 19.3. The minimum Gasteiger partial charge on any atom is -0.481 e. The van der Waals surface area contributed by atoms with Gasteiger partial charge in [-0.2, -0.15) is 0 Å². The first kappa shape index (κ1) is 10.8. The van der Waals surface area contributed by atoms with Crippen LogP contribution in [0.1, 0.15) is 0 Å². The number of hydrogen-bond acceptors (Lipinski definition) is 3. The van der Waals surface area contributed by atoms with Gasteiger partial charge in [0, 0.05) is 0 Å². The van der Waals surface area contributed by atoms with Gasteiger partial charge in [-0.3, -0.25) is 4.79 Å². The summed E-state index contributed by atoms with van der Waals surface area (Å²) in [7, 11) is -4.07. The number of carboxylic acid groups (broad SMARTS) is 1. The van der Waals surface area contributed by atoms with Crippen molar-refractivity contribution in [3.63, 3.8) is 0 Å². The number of aliphatic carboxylic acids is 1. The van der Waals surface area contributed by atoms with Crippen LogP contribution in [0.5, 0.6) is 5.75 Å². The van der Waals surface area contributed by atoms with Crippen molar-refractivity contribution in [2.75, 3.05) is 6.16 Å². The second-order valence-electron chi connectivity index (χ2n) is 2.59. The molecule has 2 N–H and O–H groups in total. The molecule has 0 aliphatic rings. The van der Waals surface area contributed by atoms with Crippen LogP contribution in [0, 0.1) is 0 Å². The molecular formula is C8H9O5P. The number of carbonyl (C=O) groups is 1. The van der Waals surface area contributed by atoms with Crippen molar-refractivity contribution in [1.29, 1.82) is 0 Å². The van der Waals surface area contributed by atoms with Gasteiger partial charge < -0.3 is 14.5 Å². The minimum absolute atomic E-state index is 0.180. The number of para-hydroxylation sites is 1. The van der Waals surface area contributed by atoms with Crippen molar-refractivity contribution in [1.82, 2.24) is 0 Å². The van der Waals surface area contributed by atoms with Crippen molar-refractivity contribution in [3.8, 4) is 5.75 Å². The third kappa shape index (κ3) is 3.60. The first-order chi connectivity index (χ1) is 6.49. The van der Waals surface area contributed by atoms with E-state index in [0.29, 0.717) is 0 Å². The Morgan fingerprint density at radius 2 is 1.93 bits per heavy atom. The van der Waals surface area contributed by atoms with E-state index in [0.717, 1.165) is 0 Å². The SMILES string of the molecule is O=C(O)CP(=O)(O)Oc1ccccc1. The molecule has 0 aliphatic carbocycles. The average molecular weight is 216 g/mol. The van der Waals surface area contributed by atoms with Crippen LogP contribution in [-0.4, -0.2) is 22.1 Å². The van der Waals surface area contributed by atoms with E-state index in [1.54, 1.807) is 18.2 Å². The maximum absolute atomic E-state index is 11.1. The predicted octanol–water partition coefficient (Wildman–Crippen LogP) is 1.34. The molecule has 5 nitrogen and oxygen atoms in total. The van der Waals surface area contributed by atoms with Crippen molar-refractivity contribution in [3.05, 3.63) is 30.3 Å². The smallest absolute Gasteiger partial charge is 0.387 e. The Morgan fingerprint density at radius 1 is 1.36 bits per heavy atom. The zero-order chi connectivity index (χ0) is 10.6. The van der Waals surface area contributed by atoms with Gasteiger partial charge in [0.1, 0.15) is 5.75 Å². The van der Waals surface area contributed by atoms with Crippen LogP contribution >= 0.6 is 7.60 Å². The predicted molar refractivity (Wildman–Crippen MR) is 49.4 cm³/mol. The summed E-state index contributed by atoms with van der Waals surface area (Å²) in [5, 5.41) is 8.31. The molecule has 0 saturated carbocycles. The van der Waals surface area contributed by atoms with Gasteiger partial charge in [0.05, 0.1) is 0 Å². The molecule has 0 bridgehead atoms. The van der Waals surface area contributed by atoms with Crippen LogP contribution in [0.15, 0.2) is 30.3 Å². The molecule has 14 heavy (non-hydrogen) atoms. The lowest BCUT2D eigenvalue weighted by Gasteiger charge is -2.10. The Hall–Kier alpha value is -1.32. The van der Waals surface area contributed by atoms with E-state index < -0.39 is 19.7 Å². The molecule has 0 aromatic heterocycles. The fourth-order valence-electron chi connectivity index (χ4n) is 0.849. The van der Waals surface area contributed by atoms with Crippen LogP contribution in [-0.2, 0) is 9.36 Å². The number of benzene rings is 1. The van der Waals surface area contributed by atoms with E-state index in [9.17, 15) is 9.36 Å². The molecule has 0 radical (unpaired) electrons. The summed E-state index contributed by atoms with van der Waals surface area (Å²) in [5.41, 5.74) is 0. The quantitative estimate of drug-likeness (QED) is 0.742. The lowest BCUT2D eigenvalue weighted by Crippen LogP contribution is -2.06. The average Bonchev–Trinajstić information content (AvgIpc) is 2.02. The van der Waals surface area contributed by atoms with Crippen molar-refractivity contribution >= 4 is 13.6 Å². The normalized spacial score (nSPS) is 14.4. The van der Waals surface area contributed by atoms with Crippen LogP contribution in [0.2, 0.25) is 0 Å². The summed E-state index contributed by atoms with van der Waals surface area (Å²) >= 11 is 0. The minimum atomic E-state index is -4.07. The number of carboxylic acids is 1. The van der Waals surface area contributed by atoms with E-state index >= 15 is 0 Å². The summed E-state index contributed by atoms with van der Waals surface area (Å²) in [6.45, 7) is 0. The second-order valence-corrected chi connectivity index (χ2v) is 4.37. The van der Waals surface area contributed by atoms with Gasteiger partial charge in [-0.1, -0.05) is 18.2 Å². The van der Waals surface area contributed by atoms with Gasteiger partial charge in [0.15, 0.2) is 6.16 Å². The van der Waals surface area contributed by atoms with Crippen LogP contribution < -0.4 is 4.52 Å². The Labute approximate surface area is 80.5 Å². The van der Waals surface area contributed by atoms with Crippen molar-refractivity contribution < 1.29 is 23.9 Å². The molecule has 6 heteroatoms. The molecular weight excluding hydrogens is 207 g/mol. The highest BCUT2D eigenvalue weighted by Gasteiger charge is 2.24. The summed E-state index contributed by atoms with van der Waals surface area (Å²) in [6, 6.07) is 7.91. The Morgan fingerprint density at radius 3 is 2.43 bits per heavy atom. The van der Waals surface area contributed by atoms with Gasteiger partial charge in [-0.15, -0.1) is 0 Å². The fraction of sp³-hybridized carbons (Fsp3) is 0.125. The van der Waals surface area contributed by atoms with Crippen LogP contribution in [0.4, 0.5) is 0 Å². The van der Waals surface area contributed by atoms with E-state index in [1.165, 1.54) is 12.1 Å². The van der Waals surface area contributed by atoms with Crippen LogP contribution in [0.3, 0.4) is 0 Å². The number of hydrogen-bond donors (Lipinski definition) is 2. The second kappa shape index (κ2) is 4.26. The summed E-state index contributed by atoms with van der Waals surface area (Å²) < 4.78 is 15.8. The van der Waals surface area contributed by atoms with E-state index in [1.807, 2.05) is 0 Å². The number of rotatable bonds is 4. The standard InChI is InChI=1S/C8H9O5P/c9-8(10)6-14(11,12)13-7-4-2-1-3-5-7/h1-5H,6H2,(H,9,10)(H,11,12). The maximum atomic E-state index is 11.1. The molecule has 0 fully saturated rings. The largest absolute Gasteiger partial charge is 0.481 e. The first-order valence-corrected chi connectivity index (χ1v) is 5.54. The fourth-order valence-corrected chi connectivity index (χ4v) is 1.71. The van der Waals surface area contributed by atoms with Gasteiger partial charge >= 0.3 is 13.6 Å². The van der Waals surface area contributed by atoms with E-state index in [-0.39, 0.29) is 5.75 Å². The molecule has 1 aromatic carbocycles. The Balaban J connectivity index is 2.69. The van der Waals surface area contributed by atoms with E-state index in [2.05, 4.69) is 4.52 Å². The summed E-state index contributed by atoms with van der Waals surface area (Å²) in [5.74, 6) is -1.19. The van der Waals surface area contributed by atoms with Crippen molar-refractivity contribution in [2.45, 2.75) is 0 Å². The zero-order valence-corrected chi connectivity index (χ0v) is 8.05. The highest BCUT2D eigenvalue weighted by atomic mass is 31.2. The first-order valence-electron chi connectivity index (χ1n) is 3.78. The molecule has 0 aliphatic heterocycles. The highest BCUT2D eigenvalue weighted by molar-refractivity contribution is 7.54. The molecule has 0 saturated heterocycles. The topological polar surface area (TPSA) is 83.8 Å². The Bertz CT molecular complexity index is 361. The van der Waals surface area contributed by atoms with Gasteiger partial charge in [-0.25, -0.2) is 4.57 Å². The molecule has 76 valence electrons. The lowest BCUT2D eigenvalue weighted by atomic mass is 10.3. The summed E-state index contributed by atoms with van der Waals surface area (Å²) in [6.07, 6.45) is -0.901. The van der Waals surface area contributed by atoms with E-state index in [4.69, 9.17) is 10.00 Å².